The van der Waals surface area contributed by atoms with Crippen molar-refractivity contribution in [2.45, 2.75) is 0 Å². The van der Waals surface area contributed by atoms with Gasteiger partial charge in [0.15, 0.2) is 0 Å². The van der Waals surface area contributed by atoms with E-state index in [0.717, 1.165) is 0 Å². The summed E-state index contributed by atoms with van der Waals surface area (Å²) < 4.78 is 17.4. The largest absolute Gasteiger partial charge is 0.325 e. The summed E-state index contributed by atoms with van der Waals surface area (Å²) in [6.45, 7) is 0. The lowest BCUT2D eigenvalue weighted by atomic mass is 10.2. The van der Waals surface area contributed by atoms with Crippen LogP contribution in [0.15, 0.2) is 29.0 Å². The van der Waals surface area contributed by atoms with Crippen molar-refractivity contribution in [1.29, 1.82) is 0 Å². The van der Waals surface area contributed by atoms with Crippen LogP contribution in [0.3, 0.4) is 0 Å². The second kappa shape index (κ2) is 3.39. The van der Waals surface area contributed by atoms with E-state index in [4.69, 9.17) is 27.7 Å². The van der Waals surface area contributed by atoms with Crippen molar-refractivity contribution < 1.29 is 9.09 Å². The quantitative estimate of drug-likeness (QED) is 0.713. The third kappa shape index (κ3) is 1.19. The Labute approximate surface area is 91.9 Å². The Hall–Kier alpha value is -0.270. The third-order valence-electron chi connectivity index (χ3n) is 2.15. The molecule has 1 unspecified atom stereocenters. The SMILES string of the molecule is COP1(=O)C(Cl)=C(Cl)c2ccccc21. The first-order chi connectivity index (χ1) is 6.61. The second-order valence-corrected chi connectivity index (χ2v) is 6.27. The molecule has 0 N–H and O–H groups in total. The molecule has 0 spiro atoms. The maximum atomic E-state index is 12.2. The maximum Gasteiger partial charge on any atom is 0.274 e. The molecule has 2 rings (SSSR count). The molecule has 1 aliphatic heterocycles. The van der Waals surface area contributed by atoms with Crippen LogP contribution in [-0.2, 0) is 9.09 Å². The summed E-state index contributed by atoms with van der Waals surface area (Å²) in [6.07, 6.45) is 0. The molecule has 0 saturated heterocycles. The maximum absolute atomic E-state index is 12.2. The van der Waals surface area contributed by atoms with Gasteiger partial charge in [-0.2, -0.15) is 0 Å². The molecule has 0 saturated carbocycles. The van der Waals surface area contributed by atoms with Crippen molar-refractivity contribution in [2.24, 2.45) is 0 Å². The highest BCUT2D eigenvalue weighted by atomic mass is 35.5. The molecule has 1 aliphatic rings. The smallest absolute Gasteiger partial charge is 0.274 e. The highest BCUT2D eigenvalue weighted by molar-refractivity contribution is 7.74. The lowest BCUT2D eigenvalue weighted by molar-refractivity contribution is 0.411. The first kappa shape index (κ1) is 10.3. The van der Waals surface area contributed by atoms with Gasteiger partial charge in [0.1, 0.15) is 4.77 Å². The molecule has 0 aromatic heterocycles. The molecule has 0 aliphatic carbocycles. The zero-order valence-corrected chi connectivity index (χ0v) is 9.74. The van der Waals surface area contributed by atoms with Gasteiger partial charge in [-0.15, -0.1) is 0 Å². The molecule has 1 aromatic rings. The summed E-state index contributed by atoms with van der Waals surface area (Å²) in [5.74, 6) is 0. The molecule has 0 amide bonds. The van der Waals surface area contributed by atoms with E-state index in [0.29, 0.717) is 15.9 Å². The number of rotatable bonds is 1. The van der Waals surface area contributed by atoms with Gasteiger partial charge in [0.05, 0.1) is 10.3 Å². The molecule has 0 radical (unpaired) electrons. The lowest BCUT2D eigenvalue weighted by Gasteiger charge is -2.10. The number of hydrogen-bond donors (Lipinski definition) is 0. The van der Waals surface area contributed by atoms with Crippen LogP contribution in [-0.4, -0.2) is 7.11 Å². The molecular formula is C9H7Cl2O2P. The molecule has 0 fully saturated rings. The number of halogens is 2. The first-order valence-electron chi connectivity index (χ1n) is 3.93. The minimum atomic E-state index is -3.07. The zero-order chi connectivity index (χ0) is 10.3. The van der Waals surface area contributed by atoms with Crippen LogP contribution in [0.4, 0.5) is 0 Å². The van der Waals surface area contributed by atoms with E-state index in [2.05, 4.69) is 0 Å². The van der Waals surface area contributed by atoms with Crippen LogP contribution < -0.4 is 5.30 Å². The van der Waals surface area contributed by atoms with Crippen molar-refractivity contribution in [3.05, 3.63) is 34.6 Å². The van der Waals surface area contributed by atoms with Crippen LogP contribution in [0, 0.1) is 0 Å². The average molecular weight is 249 g/mol. The summed E-state index contributed by atoms with van der Waals surface area (Å²) in [4.78, 5) is 0. The minimum Gasteiger partial charge on any atom is -0.325 e. The fourth-order valence-corrected chi connectivity index (χ4v) is 4.32. The van der Waals surface area contributed by atoms with Crippen LogP contribution >= 0.6 is 30.6 Å². The highest BCUT2D eigenvalue weighted by Crippen LogP contribution is 2.63. The highest BCUT2D eigenvalue weighted by Gasteiger charge is 2.40. The standard InChI is InChI=1S/C9H7Cl2O2P/c1-13-14(12)7-5-3-2-4-6(7)8(10)9(14)11/h2-5H,1H3. The molecule has 1 heterocycles. The fraction of sp³-hybridized carbons (Fsp3) is 0.111. The van der Waals surface area contributed by atoms with E-state index < -0.39 is 7.37 Å². The van der Waals surface area contributed by atoms with Crippen molar-refractivity contribution >= 4 is 40.9 Å². The summed E-state index contributed by atoms with van der Waals surface area (Å²) >= 11 is 11.8. The van der Waals surface area contributed by atoms with Gasteiger partial charge in [-0.25, -0.2) is 0 Å². The van der Waals surface area contributed by atoms with Gasteiger partial charge in [0.25, 0.3) is 7.37 Å². The molecule has 1 atom stereocenters. The molecule has 1 aromatic carbocycles. The topological polar surface area (TPSA) is 26.3 Å². The number of benzene rings is 1. The molecule has 74 valence electrons. The Balaban J connectivity index is 2.77. The van der Waals surface area contributed by atoms with Crippen molar-refractivity contribution in [2.75, 3.05) is 7.11 Å². The molecule has 0 bridgehead atoms. The Morgan fingerprint density at radius 3 is 2.57 bits per heavy atom. The first-order valence-corrected chi connectivity index (χ1v) is 6.31. The molecule has 14 heavy (non-hydrogen) atoms. The average Bonchev–Trinajstić information content (AvgIpc) is 2.43. The van der Waals surface area contributed by atoms with Gasteiger partial charge in [-0.1, -0.05) is 41.4 Å². The van der Waals surface area contributed by atoms with E-state index in [-0.39, 0.29) is 4.77 Å². The predicted molar refractivity (Wildman–Crippen MR) is 59.3 cm³/mol. The molecular weight excluding hydrogens is 242 g/mol. The molecule has 5 heteroatoms. The second-order valence-electron chi connectivity index (χ2n) is 2.86. The Kier molecular flexibility index (Phi) is 2.48. The van der Waals surface area contributed by atoms with E-state index in [1.807, 2.05) is 6.07 Å². The van der Waals surface area contributed by atoms with E-state index in [9.17, 15) is 4.57 Å². The molecule has 2 nitrogen and oxygen atoms in total. The Bertz CT molecular complexity index is 468. The van der Waals surface area contributed by atoms with Gasteiger partial charge in [-0.05, 0) is 6.07 Å². The van der Waals surface area contributed by atoms with Crippen molar-refractivity contribution in [1.82, 2.24) is 0 Å². The monoisotopic (exact) mass is 248 g/mol. The van der Waals surface area contributed by atoms with Crippen LogP contribution in [0.25, 0.3) is 5.03 Å². The van der Waals surface area contributed by atoms with Crippen LogP contribution in [0.1, 0.15) is 5.56 Å². The van der Waals surface area contributed by atoms with Crippen molar-refractivity contribution in [3.8, 4) is 0 Å². The van der Waals surface area contributed by atoms with Gasteiger partial charge >= 0.3 is 0 Å². The Morgan fingerprint density at radius 2 is 1.93 bits per heavy atom. The van der Waals surface area contributed by atoms with E-state index >= 15 is 0 Å². The van der Waals surface area contributed by atoms with Gasteiger partial charge in [-0.3, -0.25) is 4.57 Å². The van der Waals surface area contributed by atoms with Gasteiger partial charge in [0.2, 0.25) is 0 Å². The predicted octanol–water partition coefficient (Wildman–Crippen LogP) is 3.35. The van der Waals surface area contributed by atoms with Gasteiger partial charge < -0.3 is 4.52 Å². The van der Waals surface area contributed by atoms with Crippen LogP contribution in [0.5, 0.6) is 0 Å². The van der Waals surface area contributed by atoms with Crippen molar-refractivity contribution in [3.63, 3.8) is 0 Å². The van der Waals surface area contributed by atoms with E-state index in [1.165, 1.54) is 7.11 Å². The van der Waals surface area contributed by atoms with E-state index in [1.54, 1.807) is 18.2 Å². The third-order valence-corrected chi connectivity index (χ3v) is 5.91. The number of hydrogen-bond acceptors (Lipinski definition) is 2. The summed E-state index contributed by atoms with van der Waals surface area (Å²) in [7, 11) is -1.70. The fourth-order valence-electron chi connectivity index (χ4n) is 1.44. The normalized spacial score (nSPS) is 25.4. The summed E-state index contributed by atoms with van der Waals surface area (Å²) in [5, 5.41) is 0.907. The zero-order valence-electron chi connectivity index (χ0n) is 7.33. The van der Waals surface area contributed by atoms with Gasteiger partial charge in [0, 0.05) is 12.7 Å². The minimum absolute atomic E-state index is 0.114. The van der Waals surface area contributed by atoms with Crippen LogP contribution in [0.2, 0.25) is 0 Å². The summed E-state index contributed by atoms with van der Waals surface area (Å²) in [5.41, 5.74) is 0.698. The lowest BCUT2D eigenvalue weighted by Crippen LogP contribution is -2.04. The number of fused-ring (bicyclic) bond motifs is 1. The Morgan fingerprint density at radius 1 is 1.29 bits per heavy atom. The summed E-state index contributed by atoms with van der Waals surface area (Å²) in [6, 6.07) is 7.09.